The topological polar surface area (TPSA) is 58.2 Å². The summed E-state index contributed by atoms with van der Waals surface area (Å²) in [7, 11) is 0. The summed E-state index contributed by atoms with van der Waals surface area (Å²) in [6, 6.07) is 7.19. The lowest BCUT2D eigenvalue weighted by Gasteiger charge is -2.11. The summed E-state index contributed by atoms with van der Waals surface area (Å²) in [6.45, 7) is 5.86. The number of unbranched alkanes of at least 4 members (excludes halogenated alkanes) is 24. The lowest BCUT2D eigenvalue weighted by Crippen LogP contribution is -2.30. The molecule has 2 amide bonds. The molecule has 274 valence electrons. The molecule has 0 atom stereocenters. The quantitative estimate of drug-likeness (QED) is 0.0569. The van der Waals surface area contributed by atoms with Crippen LogP contribution in [-0.2, 0) is 0 Å². The van der Waals surface area contributed by atoms with Crippen LogP contribution in [0.25, 0.3) is 0 Å². The Balaban J connectivity index is 2.03. The zero-order valence-corrected chi connectivity index (χ0v) is 31.6. The highest BCUT2D eigenvalue weighted by atomic mass is 16.2. The zero-order chi connectivity index (χ0) is 34.6. The van der Waals surface area contributed by atoms with Gasteiger partial charge in [0.2, 0.25) is 0 Å². The van der Waals surface area contributed by atoms with Crippen LogP contribution in [-0.4, -0.2) is 24.9 Å². The van der Waals surface area contributed by atoms with Gasteiger partial charge in [-0.15, -0.1) is 0 Å². The van der Waals surface area contributed by atoms with Gasteiger partial charge in [0.15, 0.2) is 0 Å². The number of nitrogens with one attached hydrogen (secondary N) is 2. The van der Waals surface area contributed by atoms with E-state index in [1.54, 1.807) is 12.1 Å². The maximum atomic E-state index is 12.9. The molecular weight excluding hydrogens is 588 g/mol. The van der Waals surface area contributed by atoms with Crippen LogP contribution in [0.3, 0.4) is 0 Å². The van der Waals surface area contributed by atoms with Crippen LogP contribution in [0.2, 0.25) is 0 Å². The van der Waals surface area contributed by atoms with E-state index in [4.69, 9.17) is 0 Å². The third kappa shape index (κ3) is 26.6. The van der Waals surface area contributed by atoms with Crippen LogP contribution < -0.4 is 10.6 Å². The van der Waals surface area contributed by atoms with Gasteiger partial charge in [0.1, 0.15) is 0 Å². The van der Waals surface area contributed by atoms with Crippen LogP contribution in [0, 0.1) is 0 Å². The second kappa shape index (κ2) is 34.5. The summed E-state index contributed by atoms with van der Waals surface area (Å²) >= 11 is 0. The lowest BCUT2D eigenvalue weighted by molar-refractivity contribution is 0.0918. The average molecular weight is 665 g/mol. The van der Waals surface area contributed by atoms with E-state index < -0.39 is 0 Å². The summed E-state index contributed by atoms with van der Waals surface area (Å²) in [6.07, 6.45) is 45.2. The van der Waals surface area contributed by atoms with E-state index >= 15 is 0 Å². The Labute approximate surface area is 297 Å². The number of rotatable bonds is 34. The van der Waals surface area contributed by atoms with Crippen molar-refractivity contribution in [3.05, 3.63) is 59.7 Å². The third-order valence-electron chi connectivity index (χ3n) is 9.36. The summed E-state index contributed by atoms with van der Waals surface area (Å²) in [5.74, 6) is -0.295. The molecule has 0 heterocycles. The second-order valence-electron chi connectivity index (χ2n) is 13.9. The first-order valence-corrected chi connectivity index (χ1v) is 20.7. The highest BCUT2D eigenvalue weighted by molar-refractivity contribution is 6.07. The van der Waals surface area contributed by atoms with Crippen LogP contribution in [0.1, 0.15) is 214 Å². The molecule has 48 heavy (non-hydrogen) atoms. The Hall–Kier alpha value is -2.36. The molecular formula is C44H76N2O2. The molecule has 0 radical (unpaired) electrons. The summed E-state index contributed by atoms with van der Waals surface area (Å²) in [5.41, 5.74) is 0.946. The molecule has 0 aliphatic heterocycles. The van der Waals surface area contributed by atoms with Crippen LogP contribution >= 0.6 is 0 Å². The van der Waals surface area contributed by atoms with Crippen molar-refractivity contribution in [2.75, 3.05) is 13.1 Å². The van der Waals surface area contributed by atoms with Crippen LogP contribution in [0.4, 0.5) is 0 Å². The van der Waals surface area contributed by atoms with E-state index in [1.807, 2.05) is 12.1 Å². The van der Waals surface area contributed by atoms with Crippen LogP contribution in [0.5, 0.6) is 0 Å². The van der Waals surface area contributed by atoms with Crippen molar-refractivity contribution in [3.63, 3.8) is 0 Å². The third-order valence-corrected chi connectivity index (χ3v) is 9.36. The number of benzene rings is 1. The van der Waals surface area contributed by atoms with E-state index in [1.165, 1.54) is 154 Å². The molecule has 2 N–H and O–H groups in total. The summed E-state index contributed by atoms with van der Waals surface area (Å²) in [5, 5.41) is 6.07. The number of hydrogen-bond donors (Lipinski definition) is 2. The van der Waals surface area contributed by atoms with Gasteiger partial charge < -0.3 is 10.6 Å². The van der Waals surface area contributed by atoms with E-state index in [0.717, 1.165) is 25.7 Å². The molecule has 0 spiro atoms. The molecule has 0 unspecified atom stereocenters. The van der Waals surface area contributed by atoms with Gasteiger partial charge in [-0.2, -0.15) is 0 Å². The largest absolute Gasteiger partial charge is 0.352 e. The fourth-order valence-electron chi connectivity index (χ4n) is 6.22. The molecule has 0 fully saturated rings. The fourth-order valence-corrected chi connectivity index (χ4v) is 6.22. The molecule has 0 aliphatic carbocycles. The zero-order valence-electron chi connectivity index (χ0n) is 31.6. The van der Waals surface area contributed by atoms with Crippen molar-refractivity contribution < 1.29 is 9.59 Å². The van der Waals surface area contributed by atoms with Gasteiger partial charge in [0.25, 0.3) is 11.8 Å². The van der Waals surface area contributed by atoms with Crippen LogP contribution in [0.15, 0.2) is 48.6 Å². The molecule has 0 saturated heterocycles. The van der Waals surface area contributed by atoms with E-state index in [2.05, 4.69) is 48.8 Å². The van der Waals surface area contributed by atoms with Crippen molar-refractivity contribution in [3.8, 4) is 0 Å². The van der Waals surface area contributed by atoms with E-state index in [-0.39, 0.29) is 11.8 Å². The van der Waals surface area contributed by atoms with Crippen molar-refractivity contribution in [1.29, 1.82) is 0 Å². The Bertz CT molecular complexity index is 863. The minimum atomic E-state index is -0.147. The maximum Gasteiger partial charge on any atom is 0.252 e. The monoisotopic (exact) mass is 665 g/mol. The second-order valence-corrected chi connectivity index (χ2v) is 13.9. The molecule has 0 aliphatic rings. The SMILES string of the molecule is CCCCCCCC/C=C\CCCCCCCCNC(=O)c1ccccc1C(=O)NCCCCCCCC/C=C\CCCCCCCC. The average Bonchev–Trinajstić information content (AvgIpc) is 3.10. The number of carbonyl (C=O) groups excluding carboxylic acids is 2. The molecule has 0 bridgehead atoms. The fraction of sp³-hybridized carbons (Fsp3) is 0.727. The van der Waals surface area contributed by atoms with Crippen molar-refractivity contribution in [2.24, 2.45) is 0 Å². The number of amides is 2. The summed E-state index contributed by atoms with van der Waals surface area (Å²) in [4.78, 5) is 25.7. The van der Waals surface area contributed by atoms with Gasteiger partial charge in [-0.05, 0) is 76.3 Å². The number of allylic oxidation sites excluding steroid dienone is 4. The molecule has 0 saturated carbocycles. The van der Waals surface area contributed by atoms with Gasteiger partial charge >= 0.3 is 0 Å². The number of hydrogen-bond acceptors (Lipinski definition) is 2. The highest BCUT2D eigenvalue weighted by Crippen LogP contribution is 2.13. The Morgan fingerprint density at radius 3 is 1.00 bits per heavy atom. The summed E-state index contributed by atoms with van der Waals surface area (Å²) < 4.78 is 0. The van der Waals surface area contributed by atoms with Crippen molar-refractivity contribution >= 4 is 11.8 Å². The smallest absolute Gasteiger partial charge is 0.252 e. The molecule has 4 nitrogen and oxygen atoms in total. The molecule has 1 aromatic rings. The minimum absolute atomic E-state index is 0.147. The standard InChI is InChI=1S/C44H76N2O2/c1-3-5-7-9-11-13-15-17-19-21-23-25-27-29-31-35-39-45-43(47)41-37-33-34-38-42(41)44(48)46-40-36-32-30-28-26-24-22-20-18-16-14-12-10-8-6-4-2/h17-20,33-34,37-38H,3-16,21-32,35-36,39-40H2,1-2H3,(H,45,47)(H,46,48)/b19-17-,20-18-. The van der Waals surface area contributed by atoms with Crippen molar-refractivity contribution in [2.45, 2.75) is 194 Å². The van der Waals surface area contributed by atoms with Gasteiger partial charge in [0.05, 0.1) is 11.1 Å². The first-order chi connectivity index (χ1) is 23.7. The highest BCUT2D eigenvalue weighted by Gasteiger charge is 2.15. The van der Waals surface area contributed by atoms with Gasteiger partial charge in [0, 0.05) is 13.1 Å². The first-order valence-electron chi connectivity index (χ1n) is 20.7. The Morgan fingerprint density at radius 1 is 0.417 bits per heavy atom. The molecule has 1 rings (SSSR count). The minimum Gasteiger partial charge on any atom is -0.352 e. The first kappa shape index (κ1) is 43.7. The van der Waals surface area contributed by atoms with Gasteiger partial charge in [-0.25, -0.2) is 0 Å². The van der Waals surface area contributed by atoms with Crippen molar-refractivity contribution in [1.82, 2.24) is 10.6 Å². The van der Waals surface area contributed by atoms with E-state index in [0.29, 0.717) is 24.2 Å². The Morgan fingerprint density at radius 2 is 0.688 bits per heavy atom. The predicted octanol–water partition coefficient (Wildman–Crippen LogP) is 13.2. The number of carbonyl (C=O) groups is 2. The maximum absolute atomic E-state index is 12.9. The predicted molar refractivity (Wildman–Crippen MR) is 210 cm³/mol. The van der Waals surface area contributed by atoms with E-state index in [9.17, 15) is 9.59 Å². The molecule has 1 aromatic carbocycles. The lowest BCUT2D eigenvalue weighted by atomic mass is 10.1. The molecule has 0 aromatic heterocycles. The Kier molecular flexibility index (Phi) is 31.4. The normalized spacial score (nSPS) is 11.5. The molecule has 4 heteroatoms. The van der Waals surface area contributed by atoms with Gasteiger partial charge in [-0.1, -0.05) is 166 Å². The van der Waals surface area contributed by atoms with Gasteiger partial charge in [-0.3, -0.25) is 9.59 Å².